The molecule has 0 aliphatic carbocycles. The van der Waals surface area contributed by atoms with Crippen LogP contribution in [0.4, 0.5) is 0 Å². The monoisotopic (exact) mass is 269 g/mol. The predicted molar refractivity (Wildman–Crippen MR) is 79.4 cm³/mol. The second-order valence-corrected chi connectivity index (χ2v) is 4.76. The minimum atomic E-state index is -0.190. The van der Waals surface area contributed by atoms with Crippen LogP contribution < -0.4 is 11.1 Å². The van der Waals surface area contributed by atoms with Crippen LogP contribution in [0.25, 0.3) is 0 Å². The quantitative estimate of drug-likeness (QED) is 0.893. The molecule has 4 heteroatoms. The molecule has 104 valence electrons. The van der Waals surface area contributed by atoms with Gasteiger partial charge in [0.25, 0.3) is 5.91 Å². The summed E-state index contributed by atoms with van der Waals surface area (Å²) in [7, 11) is 0. The maximum Gasteiger partial charge on any atom is 0.253 e. The summed E-state index contributed by atoms with van der Waals surface area (Å²) in [6.07, 6.45) is 0. The first-order valence-electron chi connectivity index (χ1n) is 6.62. The van der Waals surface area contributed by atoms with Gasteiger partial charge in [-0.25, -0.2) is 0 Å². The summed E-state index contributed by atoms with van der Waals surface area (Å²) in [6, 6.07) is 13.2. The summed E-state index contributed by atoms with van der Waals surface area (Å²) in [6.45, 7) is 4.09. The van der Waals surface area contributed by atoms with Gasteiger partial charge < -0.3 is 11.1 Å². The van der Waals surface area contributed by atoms with Crippen LogP contribution in [0.1, 0.15) is 33.4 Å². The Bertz CT molecular complexity index is 596. The summed E-state index contributed by atoms with van der Waals surface area (Å²) < 4.78 is 0. The van der Waals surface area contributed by atoms with Gasteiger partial charge in [-0.2, -0.15) is 0 Å². The standard InChI is InChI=1S/C16H19N3O/c1-11-8-9-14(12(2)18-11)16(20)19-15(10-17)13-6-4-3-5-7-13/h3-9,15H,10,17H2,1-2H3,(H,19,20). The molecule has 2 aromatic rings. The zero-order valence-corrected chi connectivity index (χ0v) is 11.8. The van der Waals surface area contributed by atoms with Gasteiger partial charge in [0, 0.05) is 12.2 Å². The lowest BCUT2D eigenvalue weighted by Crippen LogP contribution is -2.33. The van der Waals surface area contributed by atoms with Gasteiger partial charge in [-0.1, -0.05) is 30.3 Å². The molecule has 0 bridgehead atoms. The van der Waals surface area contributed by atoms with Crippen molar-refractivity contribution in [3.05, 3.63) is 65.0 Å². The summed E-state index contributed by atoms with van der Waals surface area (Å²) in [5.74, 6) is -0.144. The Labute approximate surface area is 119 Å². The lowest BCUT2D eigenvalue weighted by atomic mass is 10.1. The fourth-order valence-electron chi connectivity index (χ4n) is 2.13. The molecule has 1 amide bonds. The van der Waals surface area contributed by atoms with Crippen LogP contribution in [0, 0.1) is 13.8 Å². The molecule has 1 atom stereocenters. The highest BCUT2D eigenvalue weighted by molar-refractivity contribution is 5.95. The molecule has 3 N–H and O–H groups in total. The number of benzene rings is 1. The molecule has 20 heavy (non-hydrogen) atoms. The number of aryl methyl sites for hydroxylation is 2. The fraction of sp³-hybridized carbons (Fsp3) is 0.250. The van der Waals surface area contributed by atoms with Gasteiger partial charge in [0.05, 0.1) is 17.3 Å². The van der Waals surface area contributed by atoms with E-state index in [9.17, 15) is 4.79 Å². The zero-order valence-electron chi connectivity index (χ0n) is 11.8. The van der Waals surface area contributed by atoms with E-state index in [0.717, 1.165) is 17.0 Å². The highest BCUT2D eigenvalue weighted by Crippen LogP contribution is 2.13. The fourth-order valence-corrected chi connectivity index (χ4v) is 2.13. The number of nitrogens with two attached hydrogens (primary N) is 1. The van der Waals surface area contributed by atoms with Crippen molar-refractivity contribution in [1.29, 1.82) is 0 Å². The van der Waals surface area contributed by atoms with E-state index in [-0.39, 0.29) is 11.9 Å². The molecule has 0 fully saturated rings. The van der Waals surface area contributed by atoms with Gasteiger partial charge in [0.15, 0.2) is 0 Å². The van der Waals surface area contributed by atoms with Gasteiger partial charge >= 0.3 is 0 Å². The first-order chi connectivity index (χ1) is 9.61. The van der Waals surface area contributed by atoms with Crippen molar-refractivity contribution in [3.63, 3.8) is 0 Å². The third kappa shape index (κ3) is 3.22. The van der Waals surface area contributed by atoms with Crippen molar-refractivity contribution >= 4 is 5.91 Å². The van der Waals surface area contributed by atoms with Crippen molar-refractivity contribution < 1.29 is 4.79 Å². The normalized spacial score (nSPS) is 11.9. The Morgan fingerprint density at radius 2 is 1.90 bits per heavy atom. The van der Waals surface area contributed by atoms with Gasteiger partial charge in [-0.05, 0) is 31.5 Å². The van der Waals surface area contributed by atoms with E-state index in [1.165, 1.54) is 0 Å². The Kier molecular flexibility index (Phi) is 4.48. The van der Waals surface area contributed by atoms with E-state index in [0.29, 0.717) is 12.1 Å². The van der Waals surface area contributed by atoms with Crippen LogP contribution in [0.15, 0.2) is 42.5 Å². The number of nitrogens with one attached hydrogen (secondary N) is 1. The van der Waals surface area contributed by atoms with E-state index in [1.807, 2.05) is 50.2 Å². The Morgan fingerprint density at radius 1 is 1.20 bits per heavy atom. The Balaban J connectivity index is 2.17. The Hall–Kier alpha value is -2.20. The summed E-state index contributed by atoms with van der Waals surface area (Å²) >= 11 is 0. The van der Waals surface area contributed by atoms with Gasteiger partial charge in [0.1, 0.15) is 0 Å². The second-order valence-electron chi connectivity index (χ2n) is 4.76. The maximum absolute atomic E-state index is 12.3. The van der Waals surface area contributed by atoms with Gasteiger partial charge in [-0.3, -0.25) is 9.78 Å². The molecule has 1 unspecified atom stereocenters. The van der Waals surface area contributed by atoms with Gasteiger partial charge in [-0.15, -0.1) is 0 Å². The highest BCUT2D eigenvalue weighted by atomic mass is 16.1. The zero-order chi connectivity index (χ0) is 14.5. The first kappa shape index (κ1) is 14.2. The number of carbonyl (C=O) groups excluding carboxylic acids is 1. The van der Waals surface area contributed by atoms with Crippen LogP contribution >= 0.6 is 0 Å². The molecule has 1 heterocycles. The molecule has 0 saturated carbocycles. The number of carbonyl (C=O) groups is 1. The Morgan fingerprint density at radius 3 is 2.50 bits per heavy atom. The molecule has 0 aliphatic heterocycles. The molecular weight excluding hydrogens is 250 g/mol. The number of rotatable bonds is 4. The number of nitrogens with zero attached hydrogens (tertiary/aromatic N) is 1. The number of hydrogen-bond acceptors (Lipinski definition) is 3. The third-order valence-electron chi connectivity index (χ3n) is 3.21. The largest absolute Gasteiger partial charge is 0.344 e. The molecule has 0 radical (unpaired) electrons. The molecule has 0 aliphatic rings. The van der Waals surface area contributed by atoms with Crippen molar-refractivity contribution in [2.75, 3.05) is 6.54 Å². The van der Waals surface area contributed by atoms with E-state index < -0.39 is 0 Å². The van der Waals surface area contributed by atoms with Crippen molar-refractivity contribution in [2.24, 2.45) is 5.73 Å². The first-order valence-corrected chi connectivity index (χ1v) is 6.62. The smallest absolute Gasteiger partial charge is 0.253 e. The molecule has 2 rings (SSSR count). The number of aromatic nitrogens is 1. The SMILES string of the molecule is Cc1ccc(C(=O)NC(CN)c2ccccc2)c(C)n1. The average molecular weight is 269 g/mol. The van der Waals surface area contributed by atoms with Crippen LogP contribution in [0.3, 0.4) is 0 Å². The average Bonchev–Trinajstić information content (AvgIpc) is 2.45. The lowest BCUT2D eigenvalue weighted by molar-refractivity contribution is 0.0937. The van der Waals surface area contributed by atoms with E-state index >= 15 is 0 Å². The van der Waals surface area contributed by atoms with Crippen molar-refractivity contribution in [2.45, 2.75) is 19.9 Å². The van der Waals surface area contributed by atoms with Crippen molar-refractivity contribution in [3.8, 4) is 0 Å². The minimum absolute atomic E-state index is 0.144. The predicted octanol–water partition coefficient (Wildman–Crippen LogP) is 2.13. The molecule has 1 aromatic heterocycles. The minimum Gasteiger partial charge on any atom is -0.344 e. The molecule has 0 spiro atoms. The summed E-state index contributed by atoms with van der Waals surface area (Å²) in [5, 5.41) is 2.96. The van der Waals surface area contributed by atoms with Crippen molar-refractivity contribution in [1.82, 2.24) is 10.3 Å². The van der Waals surface area contributed by atoms with Crippen LogP contribution in [0.5, 0.6) is 0 Å². The number of amides is 1. The maximum atomic E-state index is 12.3. The number of pyridine rings is 1. The molecule has 0 saturated heterocycles. The molecule has 4 nitrogen and oxygen atoms in total. The van der Waals surface area contributed by atoms with E-state index in [2.05, 4.69) is 10.3 Å². The second kappa shape index (κ2) is 6.30. The molecule has 1 aromatic carbocycles. The third-order valence-corrected chi connectivity index (χ3v) is 3.21. The van der Waals surface area contributed by atoms with E-state index in [4.69, 9.17) is 5.73 Å². The topological polar surface area (TPSA) is 68.0 Å². The lowest BCUT2D eigenvalue weighted by Gasteiger charge is -2.18. The van der Waals surface area contributed by atoms with Gasteiger partial charge in [0.2, 0.25) is 0 Å². The van der Waals surface area contributed by atoms with Crippen LogP contribution in [-0.4, -0.2) is 17.4 Å². The number of hydrogen-bond donors (Lipinski definition) is 2. The van der Waals surface area contributed by atoms with Crippen LogP contribution in [-0.2, 0) is 0 Å². The summed E-state index contributed by atoms with van der Waals surface area (Å²) in [4.78, 5) is 16.6. The van der Waals surface area contributed by atoms with E-state index in [1.54, 1.807) is 6.07 Å². The molecular formula is C16H19N3O. The summed E-state index contributed by atoms with van der Waals surface area (Å²) in [5.41, 5.74) is 8.98. The highest BCUT2D eigenvalue weighted by Gasteiger charge is 2.16. The van der Waals surface area contributed by atoms with Crippen LogP contribution in [0.2, 0.25) is 0 Å².